The molecule has 1 heterocycles. The molecule has 1 saturated carbocycles. The number of aromatic nitrogens is 4. The van der Waals surface area contributed by atoms with E-state index in [1.165, 1.54) is 6.33 Å². The first-order valence-corrected chi connectivity index (χ1v) is 6.30. The van der Waals surface area contributed by atoms with Crippen LogP contribution in [0.1, 0.15) is 32.1 Å². The zero-order valence-corrected chi connectivity index (χ0v) is 10.6. The summed E-state index contributed by atoms with van der Waals surface area (Å²) in [6.45, 7) is 1.02. The highest BCUT2D eigenvalue weighted by Crippen LogP contribution is 2.34. The van der Waals surface area contributed by atoms with Gasteiger partial charge in [-0.2, -0.15) is 0 Å². The van der Waals surface area contributed by atoms with Gasteiger partial charge in [-0.3, -0.25) is 4.79 Å². The number of hydrogen-bond donors (Lipinski definition) is 1. The van der Waals surface area contributed by atoms with Crippen LogP contribution in [0.15, 0.2) is 6.33 Å². The Labute approximate surface area is 106 Å². The number of carbonyl (C=O) groups excluding carboxylic acids is 1. The summed E-state index contributed by atoms with van der Waals surface area (Å²) >= 11 is 0. The number of methoxy groups -OCH3 is 1. The van der Waals surface area contributed by atoms with Crippen LogP contribution in [0, 0.1) is 0 Å². The highest BCUT2D eigenvalue weighted by molar-refractivity contribution is 5.84. The van der Waals surface area contributed by atoms with Crippen LogP contribution in [0.3, 0.4) is 0 Å². The van der Waals surface area contributed by atoms with Crippen molar-refractivity contribution >= 4 is 5.91 Å². The molecule has 0 radical (unpaired) electrons. The molecular weight excluding hydrogens is 234 g/mol. The van der Waals surface area contributed by atoms with E-state index < -0.39 is 5.54 Å². The van der Waals surface area contributed by atoms with Crippen molar-refractivity contribution in [3.63, 3.8) is 0 Å². The first-order chi connectivity index (χ1) is 8.79. The van der Waals surface area contributed by atoms with Crippen LogP contribution in [0.2, 0.25) is 0 Å². The SMILES string of the molecule is COCCNC(=O)C1(n2cnnn2)CCCCC1. The van der Waals surface area contributed by atoms with Gasteiger partial charge in [-0.1, -0.05) is 19.3 Å². The molecule has 2 rings (SSSR count). The van der Waals surface area contributed by atoms with Gasteiger partial charge in [0.1, 0.15) is 11.9 Å². The van der Waals surface area contributed by atoms with Gasteiger partial charge in [-0.25, -0.2) is 4.68 Å². The van der Waals surface area contributed by atoms with Crippen molar-refractivity contribution in [1.29, 1.82) is 0 Å². The van der Waals surface area contributed by atoms with E-state index >= 15 is 0 Å². The van der Waals surface area contributed by atoms with Crippen molar-refractivity contribution in [2.24, 2.45) is 0 Å². The maximum Gasteiger partial charge on any atom is 0.248 e. The minimum atomic E-state index is -0.616. The number of carbonyl (C=O) groups is 1. The molecule has 1 amide bonds. The van der Waals surface area contributed by atoms with Crippen LogP contribution >= 0.6 is 0 Å². The highest BCUT2D eigenvalue weighted by Gasteiger charge is 2.42. The van der Waals surface area contributed by atoms with Crippen molar-refractivity contribution in [1.82, 2.24) is 25.5 Å². The molecular formula is C11H19N5O2. The Bertz CT molecular complexity index is 373. The molecule has 1 aromatic rings. The quantitative estimate of drug-likeness (QED) is 0.752. The molecule has 0 saturated heterocycles. The lowest BCUT2D eigenvalue weighted by molar-refractivity contribution is -0.132. The van der Waals surface area contributed by atoms with Crippen molar-refractivity contribution in [2.75, 3.05) is 20.3 Å². The van der Waals surface area contributed by atoms with Gasteiger partial charge in [-0.05, 0) is 23.3 Å². The average molecular weight is 253 g/mol. The van der Waals surface area contributed by atoms with Crippen LogP contribution in [-0.4, -0.2) is 46.4 Å². The summed E-state index contributed by atoms with van der Waals surface area (Å²) in [6, 6.07) is 0. The second-order valence-electron chi connectivity index (χ2n) is 4.60. The summed E-state index contributed by atoms with van der Waals surface area (Å²) < 4.78 is 6.55. The Morgan fingerprint density at radius 1 is 1.44 bits per heavy atom. The summed E-state index contributed by atoms with van der Waals surface area (Å²) in [7, 11) is 1.61. The monoisotopic (exact) mass is 253 g/mol. The first-order valence-electron chi connectivity index (χ1n) is 6.30. The Morgan fingerprint density at radius 2 is 2.22 bits per heavy atom. The van der Waals surface area contributed by atoms with Crippen LogP contribution in [0.5, 0.6) is 0 Å². The molecule has 0 bridgehead atoms. The van der Waals surface area contributed by atoms with E-state index in [1.54, 1.807) is 11.8 Å². The van der Waals surface area contributed by atoms with Gasteiger partial charge >= 0.3 is 0 Å². The molecule has 0 aromatic carbocycles. The van der Waals surface area contributed by atoms with Gasteiger partial charge in [-0.15, -0.1) is 5.10 Å². The van der Waals surface area contributed by atoms with E-state index in [-0.39, 0.29) is 5.91 Å². The zero-order valence-electron chi connectivity index (χ0n) is 10.6. The third-order valence-electron chi connectivity index (χ3n) is 3.48. The number of hydrogen-bond acceptors (Lipinski definition) is 5. The standard InChI is InChI=1S/C11H19N5O2/c1-18-8-7-12-10(17)11(5-3-2-4-6-11)16-9-13-14-15-16/h9H,2-8H2,1H3,(H,12,17). The Morgan fingerprint density at radius 3 is 2.83 bits per heavy atom. The molecule has 7 heteroatoms. The van der Waals surface area contributed by atoms with E-state index in [9.17, 15) is 4.79 Å². The predicted octanol–water partition coefficient (Wildman–Crippen LogP) is 0.0951. The molecule has 100 valence electrons. The minimum Gasteiger partial charge on any atom is -0.383 e. The van der Waals surface area contributed by atoms with Crippen LogP contribution in [0.4, 0.5) is 0 Å². The highest BCUT2D eigenvalue weighted by atomic mass is 16.5. The Balaban J connectivity index is 2.12. The molecule has 0 spiro atoms. The van der Waals surface area contributed by atoms with Gasteiger partial charge in [0.05, 0.1) is 6.61 Å². The molecule has 1 aliphatic rings. The van der Waals surface area contributed by atoms with E-state index in [1.807, 2.05) is 0 Å². The van der Waals surface area contributed by atoms with Gasteiger partial charge in [0.15, 0.2) is 0 Å². The van der Waals surface area contributed by atoms with E-state index in [2.05, 4.69) is 20.8 Å². The van der Waals surface area contributed by atoms with E-state index in [4.69, 9.17) is 4.74 Å². The van der Waals surface area contributed by atoms with Crippen LogP contribution in [-0.2, 0) is 15.1 Å². The molecule has 0 unspecified atom stereocenters. The normalized spacial score (nSPS) is 18.5. The van der Waals surface area contributed by atoms with Crippen LogP contribution in [0.25, 0.3) is 0 Å². The lowest BCUT2D eigenvalue weighted by Gasteiger charge is -2.35. The average Bonchev–Trinajstić information content (AvgIpc) is 2.94. The lowest BCUT2D eigenvalue weighted by Crippen LogP contribution is -2.51. The van der Waals surface area contributed by atoms with Gasteiger partial charge in [0.25, 0.3) is 0 Å². The number of rotatable bonds is 5. The summed E-state index contributed by atoms with van der Waals surface area (Å²) in [5, 5.41) is 14.1. The van der Waals surface area contributed by atoms with Crippen molar-refractivity contribution in [3.05, 3.63) is 6.33 Å². The fraction of sp³-hybridized carbons (Fsp3) is 0.818. The summed E-state index contributed by atoms with van der Waals surface area (Å²) in [5.41, 5.74) is -0.616. The Hall–Kier alpha value is -1.50. The third-order valence-corrected chi connectivity index (χ3v) is 3.48. The fourth-order valence-corrected chi connectivity index (χ4v) is 2.49. The second kappa shape index (κ2) is 5.90. The molecule has 1 N–H and O–H groups in total. The molecule has 18 heavy (non-hydrogen) atoms. The number of nitrogens with zero attached hydrogens (tertiary/aromatic N) is 4. The number of nitrogens with one attached hydrogen (secondary N) is 1. The smallest absolute Gasteiger partial charge is 0.248 e. The maximum absolute atomic E-state index is 12.4. The molecule has 7 nitrogen and oxygen atoms in total. The van der Waals surface area contributed by atoms with Gasteiger partial charge in [0, 0.05) is 13.7 Å². The van der Waals surface area contributed by atoms with Crippen molar-refractivity contribution in [2.45, 2.75) is 37.6 Å². The molecule has 0 atom stereocenters. The van der Waals surface area contributed by atoms with E-state index in [0.717, 1.165) is 32.1 Å². The molecule has 1 aromatic heterocycles. The third kappa shape index (κ3) is 2.50. The summed E-state index contributed by atoms with van der Waals surface area (Å²) in [6.07, 6.45) is 6.32. The van der Waals surface area contributed by atoms with Crippen molar-refractivity contribution in [3.8, 4) is 0 Å². The maximum atomic E-state index is 12.4. The number of tetrazole rings is 1. The summed E-state index contributed by atoms with van der Waals surface area (Å²) in [4.78, 5) is 12.4. The number of amides is 1. The molecule has 1 aliphatic carbocycles. The molecule has 0 aliphatic heterocycles. The number of ether oxygens (including phenoxy) is 1. The van der Waals surface area contributed by atoms with Gasteiger partial charge in [0.2, 0.25) is 5.91 Å². The predicted molar refractivity (Wildman–Crippen MR) is 63.8 cm³/mol. The largest absolute Gasteiger partial charge is 0.383 e. The topological polar surface area (TPSA) is 81.9 Å². The molecule has 1 fully saturated rings. The summed E-state index contributed by atoms with van der Waals surface area (Å²) in [5.74, 6) is -0.00782. The second-order valence-corrected chi connectivity index (χ2v) is 4.60. The minimum absolute atomic E-state index is 0.00782. The zero-order chi connectivity index (χ0) is 12.8. The Kier molecular flexibility index (Phi) is 4.24. The van der Waals surface area contributed by atoms with Crippen LogP contribution < -0.4 is 5.32 Å². The fourth-order valence-electron chi connectivity index (χ4n) is 2.49. The lowest BCUT2D eigenvalue weighted by atomic mass is 9.81. The first kappa shape index (κ1) is 12.9. The van der Waals surface area contributed by atoms with Crippen molar-refractivity contribution < 1.29 is 9.53 Å². The van der Waals surface area contributed by atoms with Gasteiger partial charge < -0.3 is 10.1 Å². The van der Waals surface area contributed by atoms with E-state index in [0.29, 0.717) is 13.2 Å².